The normalized spacial score (nSPS) is 11.1. The summed E-state index contributed by atoms with van der Waals surface area (Å²) in [6, 6.07) is 5.21. The number of nitrogens with one attached hydrogen (secondary N) is 1. The van der Waals surface area contributed by atoms with Crippen LogP contribution >= 0.6 is 11.3 Å². The largest absolute Gasteiger partial charge is 0.279 e. The van der Waals surface area contributed by atoms with Crippen LogP contribution in [0.25, 0.3) is 10.6 Å². The molecule has 0 aliphatic heterocycles. The first kappa shape index (κ1) is 9.33. The van der Waals surface area contributed by atoms with E-state index >= 15 is 0 Å². The van der Waals surface area contributed by atoms with Crippen LogP contribution in [0.4, 0.5) is 8.78 Å². The van der Waals surface area contributed by atoms with Crippen molar-refractivity contribution in [3.63, 3.8) is 0 Å². The fraction of sp³-hybridized carbons (Fsp3) is 0.222. The van der Waals surface area contributed by atoms with E-state index < -0.39 is 6.43 Å². The molecule has 0 spiro atoms. The van der Waals surface area contributed by atoms with Gasteiger partial charge in [0.25, 0.3) is 6.43 Å². The molecule has 0 radical (unpaired) electrons. The quantitative estimate of drug-likeness (QED) is 0.815. The van der Waals surface area contributed by atoms with Crippen molar-refractivity contribution >= 4 is 11.3 Å². The Kier molecular flexibility index (Phi) is 2.33. The molecule has 0 bridgehead atoms. The van der Waals surface area contributed by atoms with Crippen LogP contribution in [-0.2, 0) is 0 Å². The lowest BCUT2D eigenvalue weighted by Crippen LogP contribution is -1.81. The first-order valence-corrected chi connectivity index (χ1v) is 4.89. The number of hydrogen-bond acceptors (Lipinski definition) is 2. The average Bonchev–Trinajstić information content (AvgIpc) is 2.70. The zero-order valence-corrected chi connectivity index (χ0v) is 8.24. The lowest BCUT2D eigenvalue weighted by atomic mass is 10.3. The number of aryl methyl sites for hydroxylation is 1. The third-order valence-electron chi connectivity index (χ3n) is 1.83. The maximum Gasteiger partial charge on any atom is 0.279 e. The Morgan fingerprint density at radius 1 is 1.43 bits per heavy atom. The summed E-state index contributed by atoms with van der Waals surface area (Å²) in [6.07, 6.45) is -2.49. The average molecular weight is 214 g/mol. The number of H-pyrrole nitrogens is 1. The molecule has 0 fully saturated rings. The molecule has 2 nitrogen and oxygen atoms in total. The molecule has 2 heterocycles. The van der Waals surface area contributed by atoms with Crippen LogP contribution < -0.4 is 0 Å². The summed E-state index contributed by atoms with van der Waals surface area (Å²) in [6.45, 7) is 1.97. The molecular weight excluding hydrogens is 206 g/mol. The molecule has 0 unspecified atom stereocenters. The molecule has 0 aliphatic rings. The fourth-order valence-corrected chi connectivity index (χ4v) is 1.98. The third-order valence-corrected chi connectivity index (χ3v) is 2.85. The second-order valence-corrected chi connectivity index (χ2v) is 4.21. The molecule has 2 rings (SSSR count). The van der Waals surface area contributed by atoms with Crippen molar-refractivity contribution in [2.24, 2.45) is 0 Å². The predicted molar refractivity (Wildman–Crippen MR) is 51.6 cm³/mol. The second kappa shape index (κ2) is 3.49. The first-order chi connectivity index (χ1) is 6.66. The van der Waals surface area contributed by atoms with Crippen molar-refractivity contribution in [2.75, 3.05) is 0 Å². The van der Waals surface area contributed by atoms with Gasteiger partial charge in [0.2, 0.25) is 0 Å². The molecule has 0 atom stereocenters. The van der Waals surface area contributed by atoms with Gasteiger partial charge in [0.05, 0.1) is 4.88 Å². The van der Waals surface area contributed by atoms with Crippen LogP contribution in [0.1, 0.15) is 17.0 Å². The molecule has 0 amide bonds. The number of aromatic amines is 1. The van der Waals surface area contributed by atoms with Gasteiger partial charge in [0.1, 0.15) is 11.4 Å². The second-order valence-electron chi connectivity index (χ2n) is 2.92. The summed E-state index contributed by atoms with van der Waals surface area (Å²) in [5, 5.41) is 6.15. The van der Waals surface area contributed by atoms with Crippen LogP contribution in [-0.4, -0.2) is 10.2 Å². The molecule has 5 heteroatoms. The molecule has 0 saturated heterocycles. The minimum absolute atomic E-state index is 0.133. The lowest BCUT2D eigenvalue weighted by molar-refractivity contribution is 0.146. The van der Waals surface area contributed by atoms with Gasteiger partial charge in [0.15, 0.2) is 0 Å². The van der Waals surface area contributed by atoms with Crippen LogP contribution in [0.5, 0.6) is 0 Å². The maximum atomic E-state index is 12.2. The van der Waals surface area contributed by atoms with E-state index in [1.165, 1.54) is 17.4 Å². The monoisotopic (exact) mass is 214 g/mol. The van der Waals surface area contributed by atoms with E-state index in [1.807, 2.05) is 19.1 Å². The van der Waals surface area contributed by atoms with Crippen molar-refractivity contribution in [3.8, 4) is 10.6 Å². The van der Waals surface area contributed by atoms with Crippen LogP contribution in [0.15, 0.2) is 18.2 Å². The molecule has 1 N–H and O–H groups in total. The summed E-state index contributed by atoms with van der Waals surface area (Å²) in [5.74, 6) is 0. The summed E-state index contributed by atoms with van der Waals surface area (Å²) in [5.41, 5.74) is 0.449. The van der Waals surface area contributed by atoms with Crippen molar-refractivity contribution in [1.82, 2.24) is 10.2 Å². The van der Waals surface area contributed by atoms with Gasteiger partial charge in [-0.3, -0.25) is 5.10 Å². The van der Waals surface area contributed by atoms with Gasteiger partial charge < -0.3 is 0 Å². The van der Waals surface area contributed by atoms with Gasteiger partial charge in [-0.25, -0.2) is 8.78 Å². The fourth-order valence-electron chi connectivity index (χ4n) is 1.15. The number of thiophene rings is 1. The minimum atomic E-state index is -2.49. The van der Waals surface area contributed by atoms with Gasteiger partial charge in [-0.1, -0.05) is 0 Å². The van der Waals surface area contributed by atoms with Gasteiger partial charge in [0, 0.05) is 4.88 Å². The topological polar surface area (TPSA) is 28.7 Å². The summed E-state index contributed by atoms with van der Waals surface area (Å²) >= 11 is 1.54. The first-order valence-electron chi connectivity index (χ1n) is 4.07. The zero-order valence-electron chi connectivity index (χ0n) is 7.42. The summed E-state index contributed by atoms with van der Waals surface area (Å²) in [7, 11) is 0. The van der Waals surface area contributed by atoms with E-state index in [2.05, 4.69) is 10.2 Å². The zero-order chi connectivity index (χ0) is 10.1. The Morgan fingerprint density at radius 2 is 2.21 bits per heavy atom. The van der Waals surface area contributed by atoms with E-state index in [4.69, 9.17) is 0 Å². The third kappa shape index (κ3) is 1.68. The maximum absolute atomic E-state index is 12.2. The molecule has 0 saturated carbocycles. The molecule has 14 heavy (non-hydrogen) atoms. The molecule has 0 aliphatic carbocycles. The van der Waals surface area contributed by atoms with E-state index in [0.717, 1.165) is 9.75 Å². The number of aromatic nitrogens is 2. The molecule has 0 aromatic carbocycles. The SMILES string of the molecule is Cc1ccc(-c2cc(C(F)F)[nH]n2)s1. The van der Waals surface area contributed by atoms with Gasteiger partial charge in [-0.05, 0) is 25.1 Å². The number of nitrogens with zero attached hydrogens (tertiary/aromatic N) is 1. The Bertz CT molecular complexity index is 433. The van der Waals surface area contributed by atoms with Gasteiger partial charge in [-0.2, -0.15) is 5.10 Å². The van der Waals surface area contributed by atoms with Crippen LogP contribution in [0.2, 0.25) is 0 Å². The van der Waals surface area contributed by atoms with Crippen molar-refractivity contribution in [2.45, 2.75) is 13.3 Å². The number of halogens is 2. The van der Waals surface area contributed by atoms with Gasteiger partial charge in [-0.15, -0.1) is 11.3 Å². The van der Waals surface area contributed by atoms with E-state index in [0.29, 0.717) is 5.69 Å². The smallest absolute Gasteiger partial charge is 0.276 e. The Morgan fingerprint density at radius 3 is 2.71 bits per heavy atom. The Labute approximate surface area is 83.6 Å². The standard InChI is InChI=1S/C9H8F2N2S/c1-5-2-3-8(14-5)6-4-7(9(10)11)13-12-6/h2-4,9H,1H3,(H,12,13). The molecular formula is C9H8F2N2S. The van der Waals surface area contributed by atoms with E-state index in [9.17, 15) is 8.78 Å². The summed E-state index contributed by atoms with van der Waals surface area (Å²) in [4.78, 5) is 2.05. The number of rotatable bonds is 2. The van der Waals surface area contributed by atoms with E-state index in [-0.39, 0.29) is 5.69 Å². The minimum Gasteiger partial charge on any atom is -0.276 e. The molecule has 2 aromatic heterocycles. The highest BCUT2D eigenvalue weighted by atomic mass is 32.1. The van der Waals surface area contributed by atoms with Crippen LogP contribution in [0, 0.1) is 6.92 Å². The van der Waals surface area contributed by atoms with Crippen molar-refractivity contribution in [1.29, 1.82) is 0 Å². The van der Waals surface area contributed by atoms with Crippen molar-refractivity contribution < 1.29 is 8.78 Å². The lowest BCUT2D eigenvalue weighted by Gasteiger charge is -1.88. The Balaban J connectivity index is 2.33. The van der Waals surface area contributed by atoms with Crippen molar-refractivity contribution in [3.05, 3.63) is 28.8 Å². The highest BCUT2D eigenvalue weighted by Gasteiger charge is 2.12. The number of hydrogen-bond donors (Lipinski definition) is 1. The van der Waals surface area contributed by atoms with Gasteiger partial charge >= 0.3 is 0 Å². The molecule has 2 aromatic rings. The highest BCUT2D eigenvalue weighted by molar-refractivity contribution is 7.15. The predicted octanol–water partition coefficient (Wildman–Crippen LogP) is 3.38. The summed E-state index contributed by atoms with van der Waals surface area (Å²) < 4.78 is 24.5. The van der Waals surface area contributed by atoms with E-state index in [1.54, 1.807) is 0 Å². The Hall–Kier alpha value is -1.23. The number of alkyl halides is 2. The highest BCUT2D eigenvalue weighted by Crippen LogP contribution is 2.28. The molecule has 74 valence electrons. The van der Waals surface area contributed by atoms with Crippen LogP contribution in [0.3, 0.4) is 0 Å².